The van der Waals surface area contributed by atoms with Gasteiger partial charge in [-0.1, -0.05) is 24.3 Å². The number of benzene rings is 1. The van der Waals surface area contributed by atoms with Crippen LogP contribution in [0, 0.1) is 5.92 Å². The zero-order valence-corrected chi connectivity index (χ0v) is 15.7. The third kappa shape index (κ3) is 3.56. The van der Waals surface area contributed by atoms with E-state index < -0.39 is 30.0 Å². The number of hydrogen-bond acceptors (Lipinski definition) is 6. The van der Waals surface area contributed by atoms with Crippen molar-refractivity contribution in [2.24, 2.45) is 5.92 Å². The number of amides is 3. The molecule has 0 radical (unpaired) electrons. The van der Waals surface area contributed by atoms with E-state index in [1.54, 1.807) is 18.2 Å². The summed E-state index contributed by atoms with van der Waals surface area (Å²) >= 11 is 0. The van der Waals surface area contributed by atoms with Crippen molar-refractivity contribution in [2.45, 2.75) is 31.5 Å². The lowest BCUT2D eigenvalue weighted by molar-refractivity contribution is -0.131. The molecule has 0 saturated carbocycles. The maximum atomic E-state index is 13.0. The van der Waals surface area contributed by atoms with Gasteiger partial charge >= 0.3 is 0 Å². The van der Waals surface area contributed by atoms with E-state index in [0.29, 0.717) is 6.42 Å². The SMILES string of the molecule is O=C1NC(O)CCC1N1C(=O)c2cccc(OCC3=CCC(CO)C=C3)c2C1=O. The van der Waals surface area contributed by atoms with Crippen LogP contribution in [0.15, 0.2) is 42.0 Å². The lowest BCUT2D eigenvalue weighted by Crippen LogP contribution is -2.55. The number of allylic oxidation sites excluding steroid dienone is 1. The van der Waals surface area contributed by atoms with Crippen LogP contribution in [-0.2, 0) is 4.79 Å². The summed E-state index contributed by atoms with van der Waals surface area (Å²) in [6, 6.07) is 3.87. The van der Waals surface area contributed by atoms with Gasteiger partial charge in [-0.3, -0.25) is 19.3 Å². The number of piperidine rings is 1. The van der Waals surface area contributed by atoms with Crippen molar-refractivity contribution in [1.82, 2.24) is 10.2 Å². The molecule has 3 amide bonds. The highest BCUT2D eigenvalue weighted by atomic mass is 16.5. The van der Waals surface area contributed by atoms with Crippen LogP contribution >= 0.6 is 0 Å². The molecule has 2 aliphatic heterocycles. The molecular formula is C21H22N2O6. The second-order valence-electron chi connectivity index (χ2n) is 7.38. The first kappa shape index (κ1) is 19.4. The van der Waals surface area contributed by atoms with Crippen molar-refractivity contribution in [3.63, 3.8) is 0 Å². The minimum Gasteiger partial charge on any atom is -0.488 e. The number of imide groups is 1. The van der Waals surface area contributed by atoms with Gasteiger partial charge in [0.05, 0.1) is 11.1 Å². The summed E-state index contributed by atoms with van der Waals surface area (Å²) in [7, 11) is 0. The van der Waals surface area contributed by atoms with E-state index in [1.165, 1.54) is 0 Å². The Balaban J connectivity index is 1.53. The van der Waals surface area contributed by atoms with Crippen molar-refractivity contribution in [3.05, 3.63) is 53.1 Å². The van der Waals surface area contributed by atoms with Gasteiger partial charge in [-0.25, -0.2) is 0 Å². The van der Waals surface area contributed by atoms with Gasteiger partial charge in [0.25, 0.3) is 11.8 Å². The molecule has 3 atom stereocenters. The van der Waals surface area contributed by atoms with Crippen LogP contribution in [0.2, 0.25) is 0 Å². The van der Waals surface area contributed by atoms with Crippen molar-refractivity contribution in [3.8, 4) is 5.75 Å². The first-order valence-electron chi connectivity index (χ1n) is 9.60. The van der Waals surface area contributed by atoms with E-state index in [4.69, 9.17) is 4.74 Å². The molecule has 2 heterocycles. The number of rotatable bonds is 5. The van der Waals surface area contributed by atoms with Crippen LogP contribution in [-0.4, -0.2) is 58.3 Å². The highest BCUT2D eigenvalue weighted by Gasteiger charge is 2.45. The van der Waals surface area contributed by atoms with Gasteiger partial charge in [0, 0.05) is 12.5 Å². The van der Waals surface area contributed by atoms with E-state index in [2.05, 4.69) is 5.32 Å². The Kier molecular flexibility index (Phi) is 5.21. The van der Waals surface area contributed by atoms with E-state index >= 15 is 0 Å². The van der Waals surface area contributed by atoms with Crippen molar-refractivity contribution >= 4 is 17.7 Å². The molecule has 4 rings (SSSR count). The van der Waals surface area contributed by atoms with Gasteiger partial charge in [-0.05, 0) is 37.0 Å². The number of aliphatic hydroxyl groups excluding tert-OH is 2. The Morgan fingerprint density at radius 3 is 2.69 bits per heavy atom. The second-order valence-corrected chi connectivity index (χ2v) is 7.38. The van der Waals surface area contributed by atoms with Gasteiger partial charge < -0.3 is 20.3 Å². The molecule has 3 N–H and O–H groups in total. The van der Waals surface area contributed by atoms with Crippen LogP contribution in [0.5, 0.6) is 5.75 Å². The highest BCUT2D eigenvalue weighted by Crippen LogP contribution is 2.34. The molecule has 8 nitrogen and oxygen atoms in total. The maximum absolute atomic E-state index is 13.0. The summed E-state index contributed by atoms with van der Waals surface area (Å²) in [5.74, 6) is -1.25. The number of fused-ring (bicyclic) bond motifs is 1. The van der Waals surface area contributed by atoms with Crippen LogP contribution in [0.25, 0.3) is 0 Å². The van der Waals surface area contributed by atoms with Crippen LogP contribution in [0.4, 0.5) is 0 Å². The molecule has 1 aliphatic carbocycles. The summed E-state index contributed by atoms with van der Waals surface area (Å²) in [5.41, 5.74) is 1.28. The molecule has 0 bridgehead atoms. The van der Waals surface area contributed by atoms with E-state index in [1.807, 2.05) is 18.2 Å². The normalized spacial score (nSPS) is 26.3. The number of aliphatic hydroxyl groups is 2. The standard InChI is InChI=1S/C21H22N2O6/c24-10-12-4-6-13(7-5-12)11-29-16-3-1-2-14-18(16)21(28)23(20(14)27)15-8-9-17(25)22-19(15)26/h1-4,6-7,12,15,17,24-25H,5,8-11H2,(H,22,26). The predicted molar refractivity (Wildman–Crippen MR) is 102 cm³/mol. The van der Waals surface area contributed by atoms with Gasteiger partial charge in [0.15, 0.2) is 0 Å². The Morgan fingerprint density at radius 1 is 1.17 bits per heavy atom. The topological polar surface area (TPSA) is 116 Å². The fraction of sp³-hybridized carbons (Fsp3) is 0.381. The Bertz CT molecular complexity index is 922. The minimum atomic E-state index is -0.963. The summed E-state index contributed by atoms with van der Waals surface area (Å²) < 4.78 is 5.83. The van der Waals surface area contributed by atoms with Crippen molar-refractivity contribution < 1.29 is 29.3 Å². The number of hydrogen-bond donors (Lipinski definition) is 3. The Hall–Kier alpha value is -2.97. The van der Waals surface area contributed by atoms with E-state index in [-0.39, 0.29) is 48.8 Å². The molecule has 3 aliphatic rings. The number of carbonyl (C=O) groups is 3. The first-order valence-corrected chi connectivity index (χ1v) is 9.60. The maximum Gasteiger partial charge on any atom is 0.266 e. The molecule has 1 fully saturated rings. The highest BCUT2D eigenvalue weighted by molar-refractivity contribution is 6.24. The molecule has 8 heteroatoms. The summed E-state index contributed by atoms with van der Waals surface area (Å²) in [5, 5.41) is 21.1. The summed E-state index contributed by atoms with van der Waals surface area (Å²) in [6.07, 6.45) is 5.99. The van der Waals surface area contributed by atoms with Gasteiger partial charge in [-0.15, -0.1) is 0 Å². The molecule has 29 heavy (non-hydrogen) atoms. The van der Waals surface area contributed by atoms with Crippen molar-refractivity contribution in [2.75, 3.05) is 13.2 Å². The number of ether oxygens (including phenoxy) is 1. The lowest BCUT2D eigenvalue weighted by Gasteiger charge is -2.31. The monoisotopic (exact) mass is 398 g/mol. The zero-order chi connectivity index (χ0) is 20.5. The zero-order valence-electron chi connectivity index (χ0n) is 15.7. The molecule has 3 unspecified atom stereocenters. The van der Waals surface area contributed by atoms with E-state index in [0.717, 1.165) is 10.5 Å². The third-order valence-corrected chi connectivity index (χ3v) is 5.44. The fourth-order valence-corrected chi connectivity index (χ4v) is 3.81. The molecule has 0 aromatic heterocycles. The number of carbonyl (C=O) groups excluding carboxylic acids is 3. The molecule has 152 valence electrons. The van der Waals surface area contributed by atoms with Crippen LogP contribution in [0.3, 0.4) is 0 Å². The fourth-order valence-electron chi connectivity index (χ4n) is 3.81. The average Bonchev–Trinajstić information content (AvgIpc) is 2.98. The Labute approximate surface area is 167 Å². The van der Waals surface area contributed by atoms with Gasteiger partial charge in [0.1, 0.15) is 24.6 Å². The second kappa shape index (κ2) is 7.81. The van der Waals surface area contributed by atoms with Gasteiger partial charge in [-0.2, -0.15) is 0 Å². The average molecular weight is 398 g/mol. The number of nitrogens with zero attached hydrogens (tertiary/aromatic N) is 1. The van der Waals surface area contributed by atoms with E-state index in [9.17, 15) is 24.6 Å². The predicted octanol–water partition coefficient (Wildman–Crippen LogP) is 0.753. The smallest absolute Gasteiger partial charge is 0.266 e. The minimum absolute atomic E-state index is 0.0888. The molecular weight excluding hydrogens is 376 g/mol. The third-order valence-electron chi connectivity index (χ3n) is 5.44. The van der Waals surface area contributed by atoms with Crippen LogP contribution < -0.4 is 10.1 Å². The van der Waals surface area contributed by atoms with Crippen molar-refractivity contribution in [1.29, 1.82) is 0 Å². The number of nitrogens with one attached hydrogen (secondary N) is 1. The quantitative estimate of drug-likeness (QED) is 0.631. The first-order chi connectivity index (χ1) is 14.0. The molecule has 0 spiro atoms. The summed E-state index contributed by atoms with van der Waals surface area (Å²) in [6.45, 7) is 0.314. The molecule has 1 aromatic rings. The van der Waals surface area contributed by atoms with Gasteiger partial charge in [0.2, 0.25) is 5.91 Å². The lowest BCUT2D eigenvalue weighted by atomic mass is 9.98. The Morgan fingerprint density at radius 2 is 2.00 bits per heavy atom. The molecule has 1 saturated heterocycles. The molecule has 1 aromatic carbocycles. The van der Waals surface area contributed by atoms with Crippen LogP contribution in [0.1, 0.15) is 40.0 Å². The largest absolute Gasteiger partial charge is 0.488 e. The summed E-state index contributed by atoms with van der Waals surface area (Å²) in [4.78, 5) is 39.0.